The average Bonchev–Trinajstić information content (AvgIpc) is 2.43. The number of nitrogens with zero attached hydrogens (tertiary/aromatic N) is 1. The number of benzene rings is 1. The molecule has 1 aromatic carbocycles. The fourth-order valence-electron chi connectivity index (χ4n) is 2.07. The van der Waals surface area contributed by atoms with Gasteiger partial charge < -0.3 is 20.4 Å². The topological polar surface area (TPSA) is 162 Å². The number of carbonyl (C=O) groups is 4. The Hall–Kier alpha value is -3.49. The summed E-state index contributed by atoms with van der Waals surface area (Å²) in [5.74, 6) is -6.41. The van der Waals surface area contributed by atoms with E-state index < -0.39 is 57.0 Å². The molecule has 0 aliphatic carbocycles. The molecular formula is C13H7NO8. The minimum absolute atomic E-state index is 0.440. The van der Waals surface area contributed by atoms with Crippen LogP contribution in [0.5, 0.6) is 0 Å². The maximum Gasteiger partial charge on any atom is 0.338 e. The van der Waals surface area contributed by atoms with Crippen LogP contribution in [0.4, 0.5) is 0 Å². The van der Waals surface area contributed by atoms with Crippen molar-refractivity contribution in [3.8, 4) is 0 Å². The van der Waals surface area contributed by atoms with Gasteiger partial charge in [0.2, 0.25) is 0 Å². The lowest BCUT2D eigenvalue weighted by Gasteiger charge is -2.11. The summed E-state index contributed by atoms with van der Waals surface area (Å²) in [6.07, 6.45) is 0.968. The molecule has 0 amide bonds. The van der Waals surface area contributed by atoms with E-state index in [1.807, 2.05) is 0 Å². The van der Waals surface area contributed by atoms with E-state index in [-0.39, 0.29) is 0 Å². The van der Waals surface area contributed by atoms with E-state index in [0.29, 0.717) is 6.07 Å². The average molecular weight is 305 g/mol. The van der Waals surface area contributed by atoms with Gasteiger partial charge in [-0.2, -0.15) is 0 Å². The molecule has 112 valence electrons. The molecule has 0 aliphatic heterocycles. The number of fused-ring (bicyclic) bond motifs is 1. The molecule has 0 atom stereocenters. The van der Waals surface area contributed by atoms with E-state index >= 15 is 0 Å². The molecule has 1 heterocycles. The number of aromatic carboxylic acids is 4. The molecule has 0 saturated carbocycles. The van der Waals surface area contributed by atoms with E-state index in [4.69, 9.17) is 15.3 Å². The SMILES string of the molecule is O=C(O)c1cc(C(=O)O)c2c(C(=O)O)ccnc2c1C(=O)O. The highest BCUT2D eigenvalue weighted by molar-refractivity contribution is 6.19. The molecule has 9 heteroatoms. The largest absolute Gasteiger partial charge is 0.478 e. The Kier molecular flexibility index (Phi) is 3.47. The Bertz CT molecular complexity index is 855. The number of aromatic nitrogens is 1. The Morgan fingerprint density at radius 1 is 0.773 bits per heavy atom. The fourth-order valence-corrected chi connectivity index (χ4v) is 2.07. The van der Waals surface area contributed by atoms with Crippen molar-refractivity contribution in [2.45, 2.75) is 0 Å². The van der Waals surface area contributed by atoms with Crippen LogP contribution in [0.2, 0.25) is 0 Å². The van der Waals surface area contributed by atoms with Crippen LogP contribution in [0.1, 0.15) is 41.4 Å². The van der Waals surface area contributed by atoms with Crippen molar-refractivity contribution in [3.05, 3.63) is 40.6 Å². The second-order valence-corrected chi connectivity index (χ2v) is 4.15. The lowest BCUT2D eigenvalue weighted by Crippen LogP contribution is -2.14. The molecule has 9 nitrogen and oxygen atoms in total. The third kappa shape index (κ3) is 2.20. The van der Waals surface area contributed by atoms with Gasteiger partial charge in [0.1, 0.15) is 5.56 Å². The maximum absolute atomic E-state index is 11.3. The first-order valence-electron chi connectivity index (χ1n) is 5.64. The summed E-state index contributed by atoms with van der Waals surface area (Å²) < 4.78 is 0. The Labute approximate surface area is 121 Å². The molecule has 0 fully saturated rings. The molecule has 0 aliphatic rings. The number of hydrogen-bond donors (Lipinski definition) is 4. The number of carboxylic acids is 4. The van der Waals surface area contributed by atoms with Gasteiger partial charge in [0.15, 0.2) is 0 Å². The van der Waals surface area contributed by atoms with Crippen molar-refractivity contribution in [2.75, 3.05) is 0 Å². The Morgan fingerprint density at radius 2 is 1.32 bits per heavy atom. The van der Waals surface area contributed by atoms with Crippen LogP contribution in [0, 0.1) is 0 Å². The smallest absolute Gasteiger partial charge is 0.338 e. The second kappa shape index (κ2) is 5.13. The van der Waals surface area contributed by atoms with Crippen LogP contribution in [-0.4, -0.2) is 49.3 Å². The molecule has 0 unspecified atom stereocenters. The molecule has 1 aromatic heterocycles. The van der Waals surface area contributed by atoms with Gasteiger partial charge in [0.05, 0.1) is 22.2 Å². The zero-order valence-electron chi connectivity index (χ0n) is 10.6. The molecule has 0 saturated heterocycles. The van der Waals surface area contributed by atoms with Crippen LogP contribution < -0.4 is 0 Å². The van der Waals surface area contributed by atoms with Gasteiger partial charge in [-0.1, -0.05) is 0 Å². The van der Waals surface area contributed by atoms with Crippen LogP contribution in [0.3, 0.4) is 0 Å². The highest BCUT2D eigenvalue weighted by Gasteiger charge is 2.27. The van der Waals surface area contributed by atoms with E-state index in [2.05, 4.69) is 4.98 Å². The maximum atomic E-state index is 11.3. The van der Waals surface area contributed by atoms with E-state index in [1.165, 1.54) is 0 Å². The van der Waals surface area contributed by atoms with Gasteiger partial charge in [0.25, 0.3) is 0 Å². The van der Waals surface area contributed by atoms with E-state index in [0.717, 1.165) is 12.3 Å². The summed E-state index contributed by atoms with van der Waals surface area (Å²) in [7, 11) is 0. The fraction of sp³-hybridized carbons (Fsp3) is 0. The zero-order chi connectivity index (χ0) is 16.6. The van der Waals surface area contributed by atoms with Gasteiger partial charge in [-0.15, -0.1) is 0 Å². The molecular weight excluding hydrogens is 298 g/mol. The predicted molar refractivity (Wildman–Crippen MR) is 69.6 cm³/mol. The quantitative estimate of drug-likeness (QED) is 0.645. The molecule has 0 radical (unpaired) electrons. The van der Waals surface area contributed by atoms with Crippen molar-refractivity contribution >= 4 is 34.8 Å². The lowest BCUT2D eigenvalue weighted by molar-refractivity contribution is 0.0651. The van der Waals surface area contributed by atoms with Gasteiger partial charge in [0, 0.05) is 11.6 Å². The van der Waals surface area contributed by atoms with Gasteiger partial charge in [-0.3, -0.25) is 4.98 Å². The molecule has 22 heavy (non-hydrogen) atoms. The second-order valence-electron chi connectivity index (χ2n) is 4.15. The Morgan fingerprint density at radius 3 is 1.77 bits per heavy atom. The molecule has 2 aromatic rings. The highest BCUT2D eigenvalue weighted by atomic mass is 16.4. The van der Waals surface area contributed by atoms with Crippen LogP contribution in [0.25, 0.3) is 10.9 Å². The van der Waals surface area contributed by atoms with Gasteiger partial charge in [-0.25, -0.2) is 19.2 Å². The standard InChI is InChI=1S/C13H7NO8/c15-10(16)4-1-2-14-9-7(4)5(11(17)18)3-6(12(19)20)8(9)13(21)22/h1-3H,(H,15,16)(H,17,18)(H,19,20)(H,21,22). The number of pyridine rings is 1. The summed E-state index contributed by atoms with van der Waals surface area (Å²) in [5.41, 5.74) is -3.20. The Balaban J connectivity index is 3.15. The van der Waals surface area contributed by atoms with Crippen molar-refractivity contribution in [3.63, 3.8) is 0 Å². The lowest BCUT2D eigenvalue weighted by atomic mass is 9.95. The van der Waals surface area contributed by atoms with Crippen molar-refractivity contribution < 1.29 is 39.6 Å². The normalized spacial score (nSPS) is 10.4. The molecule has 4 N–H and O–H groups in total. The third-order valence-electron chi connectivity index (χ3n) is 2.92. The van der Waals surface area contributed by atoms with Crippen molar-refractivity contribution in [2.24, 2.45) is 0 Å². The minimum Gasteiger partial charge on any atom is -0.478 e. The zero-order valence-corrected chi connectivity index (χ0v) is 10.6. The van der Waals surface area contributed by atoms with Crippen molar-refractivity contribution in [1.82, 2.24) is 4.98 Å². The molecule has 2 rings (SSSR count). The summed E-state index contributed by atoms with van der Waals surface area (Å²) in [4.78, 5) is 48.6. The van der Waals surface area contributed by atoms with Crippen molar-refractivity contribution in [1.29, 1.82) is 0 Å². The molecule has 0 bridgehead atoms. The van der Waals surface area contributed by atoms with Crippen LogP contribution >= 0.6 is 0 Å². The van der Waals surface area contributed by atoms with Gasteiger partial charge in [-0.05, 0) is 12.1 Å². The number of hydrogen-bond acceptors (Lipinski definition) is 5. The molecule has 0 spiro atoms. The summed E-state index contributed by atoms with van der Waals surface area (Å²) in [6.45, 7) is 0. The summed E-state index contributed by atoms with van der Waals surface area (Å²) in [6, 6.07) is 1.62. The number of carboxylic acid groups (broad SMARTS) is 4. The van der Waals surface area contributed by atoms with Crippen LogP contribution in [0.15, 0.2) is 18.3 Å². The first-order chi connectivity index (χ1) is 10.3. The number of rotatable bonds is 4. The third-order valence-corrected chi connectivity index (χ3v) is 2.92. The van der Waals surface area contributed by atoms with Gasteiger partial charge >= 0.3 is 23.9 Å². The van der Waals surface area contributed by atoms with Crippen LogP contribution in [-0.2, 0) is 0 Å². The predicted octanol–water partition coefficient (Wildman–Crippen LogP) is 1.03. The summed E-state index contributed by atoms with van der Waals surface area (Å²) >= 11 is 0. The minimum atomic E-state index is -1.66. The van der Waals surface area contributed by atoms with E-state index in [1.54, 1.807) is 0 Å². The monoisotopic (exact) mass is 305 g/mol. The highest BCUT2D eigenvalue weighted by Crippen LogP contribution is 2.28. The first-order valence-corrected chi connectivity index (χ1v) is 5.64. The summed E-state index contributed by atoms with van der Waals surface area (Å²) in [5, 5.41) is 36.1. The first kappa shape index (κ1) is 14.9. The van der Waals surface area contributed by atoms with E-state index in [9.17, 15) is 24.3 Å².